The van der Waals surface area contributed by atoms with Gasteiger partial charge < -0.3 is 33.8 Å². The number of hydrogen-bond acceptors (Lipinski definition) is 15. The molecule has 0 rings (SSSR count). The van der Waals surface area contributed by atoms with E-state index in [-0.39, 0.29) is 25.7 Å². The lowest BCUT2D eigenvalue weighted by Crippen LogP contribution is -2.30. The summed E-state index contributed by atoms with van der Waals surface area (Å²) in [6.07, 6.45) is 57.2. The first-order valence-electron chi connectivity index (χ1n) is 41.7. The first-order valence-corrected chi connectivity index (χ1v) is 44.7. The highest BCUT2D eigenvalue weighted by Crippen LogP contribution is 2.45. The zero-order valence-corrected chi connectivity index (χ0v) is 67.6. The van der Waals surface area contributed by atoms with Crippen molar-refractivity contribution in [1.82, 2.24) is 0 Å². The number of carbonyl (C=O) groups is 4. The van der Waals surface area contributed by atoms with Gasteiger partial charge in [0.25, 0.3) is 0 Å². The van der Waals surface area contributed by atoms with E-state index < -0.39 is 97.5 Å². The minimum Gasteiger partial charge on any atom is -0.462 e. The summed E-state index contributed by atoms with van der Waals surface area (Å²) in [5.41, 5.74) is 0. The van der Waals surface area contributed by atoms with Crippen LogP contribution < -0.4 is 0 Å². The highest BCUT2D eigenvalue weighted by molar-refractivity contribution is 7.47. The predicted molar refractivity (Wildman–Crippen MR) is 409 cm³/mol. The molecule has 0 aromatic heterocycles. The van der Waals surface area contributed by atoms with Gasteiger partial charge >= 0.3 is 39.5 Å². The third kappa shape index (κ3) is 74.3. The number of ether oxygens (including phenoxy) is 4. The third-order valence-corrected chi connectivity index (χ3v) is 20.7. The van der Waals surface area contributed by atoms with Crippen LogP contribution in [0.1, 0.15) is 415 Å². The lowest BCUT2D eigenvalue weighted by atomic mass is 10.0. The van der Waals surface area contributed by atoms with Crippen molar-refractivity contribution in [3.05, 3.63) is 0 Å². The van der Waals surface area contributed by atoms with E-state index in [0.29, 0.717) is 37.5 Å². The molecule has 0 radical (unpaired) electrons. The smallest absolute Gasteiger partial charge is 0.462 e. The van der Waals surface area contributed by atoms with Crippen LogP contribution in [0, 0.1) is 23.7 Å². The number of rotatable bonds is 78. The van der Waals surface area contributed by atoms with Crippen molar-refractivity contribution in [3.8, 4) is 0 Å². The quantitative estimate of drug-likeness (QED) is 0.0222. The van der Waals surface area contributed by atoms with Gasteiger partial charge in [0.1, 0.15) is 19.3 Å². The van der Waals surface area contributed by atoms with Crippen molar-refractivity contribution < 1.29 is 80.2 Å². The lowest BCUT2D eigenvalue weighted by molar-refractivity contribution is -0.161. The molecule has 100 heavy (non-hydrogen) atoms. The Hall–Kier alpha value is -1.94. The standard InChI is InChI=1S/C81H158O17P2/c1-71(2)57-49-41-33-26-22-18-14-11-9-10-12-16-20-24-28-37-45-53-61-78(83)91-67-76(98-81(86)64-56-48-39-31-30-35-43-51-59-73(5)6)69-95-99(87,88)93-65-75(82)66-94-100(89,90)96-70-77(68-92-79(84)62-54-46-40-32-36-44-52-60-74(7)8)97-80(85)63-55-47-38-29-25-21-17-13-15-19-23-27-34-42-50-58-72(3)4/h71-77,82H,9-70H2,1-8H3,(H,87,88)(H,89,90)/t75?,76-,77-/m1/s1. The minimum atomic E-state index is -4.96. The second kappa shape index (κ2) is 70.1. The number of aliphatic hydroxyl groups is 1. The average Bonchev–Trinajstić information content (AvgIpc) is 0.929. The molecule has 0 bridgehead atoms. The van der Waals surface area contributed by atoms with Crippen molar-refractivity contribution in [2.24, 2.45) is 23.7 Å². The molecule has 594 valence electrons. The third-order valence-electron chi connectivity index (χ3n) is 18.8. The summed E-state index contributed by atoms with van der Waals surface area (Å²) in [7, 11) is -9.92. The van der Waals surface area contributed by atoms with Crippen molar-refractivity contribution in [2.45, 2.75) is 433 Å². The van der Waals surface area contributed by atoms with Gasteiger partial charge in [-0.15, -0.1) is 0 Å². The molecule has 0 fully saturated rings. The van der Waals surface area contributed by atoms with Crippen LogP contribution in [0.5, 0.6) is 0 Å². The maximum absolute atomic E-state index is 13.1. The second-order valence-electron chi connectivity index (χ2n) is 31.1. The molecule has 0 heterocycles. The van der Waals surface area contributed by atoms with E-state index in [0.717, 1.165) is 108 Å². The van der Waals surface area contributed by atoms with Gasteiger partial charge in [-0.1, -0.05) is 364 Å². The molecular formula is C81H158O17P2. The fourth-order valence-corrected chi connectivity index (χ4v) is 14.0. The Bertz CT molecular complexity index is 1950. The number of esters is 4. The van der Waals surface area contributed by atoms with Crippen molar-refractivity contribution in [2.75, 3.05) is 39.6 Å². The van der Waals surface area contributed by atoms with Gasteiger partial charge in [-0.3, -0.25) is 37.3 Å². The van der Waals surface area contributed by atoms with Crippen LogP contribution in [0.15, 0.2) is 0 Å². The van der Waals surface area contributed by atoms with Crippen LogP contribution >= 0.6 is 15.6 Å². The molecule has 0 saturated carbocycles. The Kier molecular flexibility index (Phi) is 68.7. The highest BCUT2D eigenvalue weighted by Gasteiger charge is 2.30. The number of hydrogen-bond donors (Lipinski definition) is 3. The van der Waals surface area contributed by atoms with Crippen LogP contribution in [-0.4, -0.2) is 96.7 Å². The van der Waals surface area contributed by atoms with E-state index in [9.17, 15) is 43.2 Å². The molecule has 0 amide bonds. The molecule has 3 N–H and O–H groups in total. The van der Waals surface area contributed by atoms with E-state index in [1.807, 2.05) is 0 Å². The van der Waals surface area contributed by atoms with Crippen LogP contribution in [0.2, 0.25) is 0 Å². The van der Waals surface area contributed by atoms with Crippen LogP contribution in [0.4, 0.5) is 0 Å². The SMILES string of the molecule is CC(C)CCCCCCCCCCCCCCCCCCCCC(=O)OC[C@H](COP(=O)(O)OCC(O)COP(=O)(O)OC[C@@H](COC(=O)CCCCCCCCCC(C)C)OC(=O)CCCCCCCCCCCCCCCCCC(C)C)OC(=O)CCCCCCCCCCC(C)C. The van der Waals surface area contributed by atoms with Gasteiger partial charge in [0.15, 0.2) is 12.2 Å². The average molecular weight is 1470 g/mol. The molecule has 0 spiro atoms. The van der Waals surface area contributed by atoms with E-state index in [4.69, 9.17) is 37.0 Å². The fraction of sp³-hybridized carbons (Fsp3) is 0.951. The fourth-order valence-electron chi connectivity index (χ4n) is 12.4. The lowest BCUT2D eigenvalue weighted by Gasteiger charge is -2.21. The van der Waals surface area contributed by atoms with Gasteiger partial charge in [0, 0.05) is 25.7 Å². The second-order valence-corrected chi connectivity index (χ2v) is 34.0. The summed E-state index contributed by atoms with van der Waals surface area (Å²) in [4.78, 5) is 72.9. The van der Waals surface area contributed by atoms with Gasteiger partial charge in [0.05, 0.1) is 26.4 Å². The summed E-state index contributed by atoms with van der Waals surface area (Å²) in [6, 6.07) is 0. The van der Waals surface area contributed by atoms with Crippen LogP contribution in [0.3, 0.4) is 0 Å². The Balaban J connectivity index is 5.15. The van der Waals surface area contributed by atoms with E-state index in [2.05, 4.69) is 55.4 Å². The normalized spacial score (nSPS) is 14.0. The number of carbonyl (C=O) groups excluding carboxylic acids is 4. The van der Waals surface area contributed by atoms with Crippen LogP contribution in [-0.2, 0) is 65.4 Å². The van der Waals surface area contributed by atoms with Crippen LogP contribution in [0.25, 0.3) is 0 Å². The van der Waals surface area contributed by atoms with E-state index in [1.165, 1.54) is 212 Å². The highest BCUT2D eigenvalue weighted by atomic mass is 31.2. The van der Waals surface area contributed by atoms with E-state index >= 15 is 0 Å². The summed E-state index contributed by atoms with van der Waals surface area (Å²) in [6.45, 7) is 14.2. The van der Waals surface area contributed by atoms with Gasteiger partial charge in [-0.05, 0) is 49.4 Å². The summed E-state index contributed by atoms with van der Waals surface area (Å²) < 4.78 is 68.6. The first-order chi connectivity index (χ1) is 48.1. The summed E-state index contributed by atoms with van der Waals surface area (Å²) in [5, 5.41) is 10.6. The van der Waals surface area contributed by atoms with E-state index in [1.54, 1.807) is 0 Å². The van der Waals surface area contributed by atoms with Crippen molar-refractivity contribution in [1.29, 1.82) is 0 Å². The Morgan fingerprint density at radius 3 is 0.620 bits per heavy atom. The number of aliphatic hydroxyl groups excluding tert-OH is 1. The summed E-state index contributed by atoms with van der Waals surface area (Å²) >= 11 is 0. The summed E-state index contributed by atoms with van der Waals surface area (Å²) in [5.74, 6) is 0.931. The zero-order valence-electron chi connectivity index (χ0n) is 65.8. The number of phosphoric ester groups is 2. The molecule has 0 aliphatic rings. The first kappa shape index (κ1) is 98.1. The molecule has 3 unspecified atom stereocenters. The molecule has 17 nitrogen and oxygen atoms in total. The monoisotopic (exact) mass is 1470 g/mol. The molecule has 5 atom stereocenters. The Labute approximate surface area is 613 Å². The molecule has 0 aromatic rings. The minimum absolute atomic E-state index is 0.105. The predicted octanol–water partition coefficient (Wildman–Crippen LogP) is 24.0. The molecule has 0 aromatic carbocycles. The molecule has 19 heteroatoms. The van der Waals surface area contributed by atoms with Gasteiger partial charge in [-0.2, -0.15) is 0 Å². The van der Waals surface area contributed by atoms with Gasteiger partial charge in [0.2, 0.25) is 0 Å². The van der Waals surface area contributed by atoms with Crippen molar-refractivity contribution >= 4 is 39.5 Å². The zero-order chi connectivity index (χ0) is 73.8. The molecule has 0 aliphatic carbocycles. The Morgan fingerprint density at radius 2 is 0.420 bits per heavy atom. The molecular weight excluding hydrogens is 1310 g/mol. The topological polar surface area (TPSA) is 237 Å². The maximum Gasteiger partial charge on any atom is 0.472 e. The maximum atomic E-state index is 13.1. The van der Waals surface area contributed by atoms with Crippen molar-refractivity contribution in [3.63, 3.8) is 0 Å². The number of phosphoric acid groups is 2. The Morgan fingerprint density at radius 1 is 0.250 bits per heavy atom. The molecule has 0 aliphatic heterocycles. The largest absolute Gasteiger partial charge is 0.472 e. The van der Waals surface area contributed by atoms with Gasteiger partial charge in [-0.25, -0.2) is 9.13 Å². The molecule has 0 saturated heterocycles. The number of unbranched alkanes of at least 4 members (excludes halogenated alkanes) is 44.